The van der Waals surface area contributed by atoms with E-state index in [-0.39, 0.29) is 11.6 Å². The zero-order valence-electron chi connectivity index (χ0n) is 11.4. The summed E-state index contributed by atoms with van der Waals surface area (Å²) in [5.74, 6) is -1.06. The molecule has 1 aromatic heterocycles. The largest absolute Gasteiger partial charge is 0.417 e. The van der Waals surface area contributed by atoms with E-state index in [0.717, 1.165) is 12.1 Å². The number of benzene rings is 1. The second-order valence-corrected chi connectivity index (χ2v) is 4.49. The second-order valence-electron chi connectivity index (χ2n) is 4.49. The molecule has 0 spiro atoms. The number of pyridine rings is 1. The maximum absolute atomic E-state index is 12.9. The maximum Gasteiger partial charge on any atom is 0.417 e. The Balaban J connectivity index is 2.25. The van der Waals surface area contributed by atoms with Gasteiger partial charge in [0.15, 0.2) is 5.78 Å². The minimum atomic E-state index is -4.63. The molecule has 0 atom stereocenters. The number of nitrogens with one attached hydrogen (secondary N) is 1. The van der Waals surface area contributed by atoms with E-state index < -0.39 is 23.2 Å². The lowest BCUT2D eigenvalue weighted by molar-refractivity contribution is -0.137. The minimum Gasteiger partial charge on any atom is -0.307 e. The highest BCUT2D eigenvalue weighted by Gasteiger charge is 2.34. The summed E-state index contributed by atoms with van der Waals surface area (Å²) < 4.78 is 38.6. The number of hydrogen-bond acceptors (Lipinski definition) is 3. The Kier molecular flexibility index (Phi) is 4.25. The first-order valence-corrected chi connectivity index (χ1v) is 6.23. The van der Waals surface area contributed by atoms with E-state index in [4.69, 9.17) is 0 Å². The van der Waals surface area contributed by atoms with Crippen molar-refractivity contribution in [2.45, 2.75) is 13.1 Å². The summed E-state index contributed by atoms with van der Waals surface area (Å²) in [4.78, 5) is 26.9. The number of Topliss-reactive ketones (excluding diaryl/α,β-unsaturated/α-hetero) is 1. The predicted molar refractivity (Wildman–Crippen MR) is 73.6 cm³/mol. The molecule has 0 bridgehead atoms. The zero-order valence-corrected chi connectivity index (χ0v) is 11.4. The molecule has 7 heteroatoms. The fraction of sp³-hybridized carbons (Fsp3) is 0.133. The number of carbonyl (C=O) groups excluding carboxylic acids is 2. The second kappa shape index (κ2) is 5.97. The van der Waals surface area contributed by atoms with Gasteiger partial charge in [0.05, 0.1) is 11.1 Å². The molecule has 0 radical (unpaired) electrons. The van der Waals surface area contributed by atoms with E-state index >= 15 is 0 Å². The smallest absolute Gasteiger partial charge is 0.307 e. The molecule has 22 heavy (non-hydrogen) atoms. The number of nitrogens with zero attached hydrogens (tertiary/aromatic N) is 1. The van der Waals surface area contributed by atoms with Gasteiger partial charge in [-0.15, -0.1) is 0 Å². The number of anilines is 1. The number of aromatic nitrogens is 1. The molecule has 1 amide bonds. The normalized spacial score (nSPS) is 11.1. The molecule has 2 rings (SSSR count). The summed E-state index contributed by atoms with van der Waals surface area (Å²) in [6, 6.07) is 7.25. The Morgan fingerprint density at radius 3 is 2.32 bits per heavy atom. The molecule has 114 valence electrons. The van der Waals surface area contributed by atoms with Crippen molar-refractivity contribution in [2.75, 3.05) is 5.32 Å². The highest BCUT2D eigenvalue weighted by atomic mass is 19.4. The van der Waals surface area contributed by atoms with E-state index in [0.29, 0.717) is 5.56 Å². The van der Waals surface area contributed by atoms with Crippen LogP contribution in [0.15, 0.2) is 42.6 Å². The number of alkyl halides is 3. The Hall–Kier alpha value is -2.70. The molecule has 0 aliphatic carbocycles. The van der Waals surface area contributed by atoms with Crippen molar-refractivity contribution in [3.63, 3.8) is 0 Å². The van der Waals surface area contributed by atoms with Crippen molar-refractivity contribution in [1.29, 1.82) is 0 Å². The third-order valence-corrected chi connectivity index (χ3v) is 2.89. The Morgan fingerprint density at radius 2 is 1.77 bits per heavy atom. The molecule has 1 heterocycles. The summed E-state index contributed by atoms with van der Waals surface area (Å²) in [7, 11) is 0. The SMILES string of the molecule is CC(=O)c1ccc(NC(=O)c2ccccc2C(F)(F)F)nc1. The maximum atomic E-state index is 12.9. The number of amides is 1. The molecule has 0 saturated carbocycles. The van der Waals surface area contributed by atoms with Crippen molar-refractivity contribution < 1.29 is 22.8 Å². The van der Waals surface area contributed by atoms with Gasteiger partial charge in [0.25, 0.3) is 5.91 Å². The third-order valence-electron chi connectivity index (χ3n) is 2.89. The Labute approximate surface area is 124 Å². The van der Waals surface area contributed by atoms with E-state index in [1.807, 2.05) is 0 Å². The van der Waals surface area contributed by atoms with Crippen LogP contribution in [0.3, 0.4) is 0 Å². The average molecular weight is 308 g/mol. The quantitative estimate of drug-likeness (QED) is 0.882. The lowest BCUT2D eigenvalue weighted by Crippen LogP contribution is -2.19. The molecule has 0 saturated heterocycles. The lowest BCUT2D eigenvalue weighted by Gasteiger charge is -2.12. The molecule has 4 nitrogen and oxygen atoms in total. The Morgan fingerprint density at radius 1 is 1.09 bits per heavy atom. The minimum absolute atomic E-state index is 0.0620. The van der Waals surface area contributed by atoms with Crippen LogP contribution in [0.25, 0.3) is 0 Å². The van der Waals surface area contributed by atoms with E-state index in [2.05, 4.69) is 10.3 Å². The van der Waals surface area contributed by atoms with Crippen LogP contribution in [-0.4, -0.2) is 16.7 Å². The number of halogens is 3. The molecule has 1 N–H and O–H groups in total. The van der Waals surface area contributed by atoms with Gasteiger partial charge >= 0.3 is 6.18 Å². The average Bonchev–Trinajstić information content (AvgIpc) is 2.47. The first-order chi connectivity index (χ1) is 10.3. The first kappa shape index (κ1) is 15.7. The van der Waals surface area contributed by atoms with Gasteiger partial charge in [-0.2, -0.15) is 13.2 Å². The van der Waals surface area contributed by atoms with Gasteiger partial charge in [-0.25, -0.2) is 4.98 Å². The van der Waals surface area contributed by atoms with Gasteiger partial charge in [0.1, 0.15) is 5.82 Å². The zero-order chi connectivity index (χ0) is 16.3. The number of ketones is 1. The lowest BCUT2D eigenvalue weighted by atomic mass is 10.1. The van der Waals surface area contributed by atoms with Crippen molar-refractivity contribution in [1.82, 2.24) is 4.98 Å². The monoisotopic (exact) mass is 308 g/mol. The van der Waals surface area contributed by atoms with Crippen LogP contribution in [-0.2, 0) is 6.18 Å². The predicted octanol–water partition coefficient (Wildman–Crippen LogP) is 3.56. The van der Waals surface area contributed by atoms with Crippen molar-refractivity contribution in [3.05, 3.63) is 59.3 Å². The van der Waals surface area contributed by atoms with Crippen LogP contribution in [0.5, 0.6) is 0 Å². The first-order valence-electron chi connectivity index (χ1n) is 6.23. The number of carbonyl (C=O) groups is 2. The van der Waals surface area contributed by atoms with Gasteiger partial charge < -0.3 is 5.32 Å². The molecule has 2 aromatic rings. The molecule has 0 aliphatic rings. The van der Waals surface area contributed by atoms with Crippen LogP contribution in [0.1, 0.15) is 33.2 Å². The van der Waals surface area contributed by atoms with Crippen molar-refractivity contribution >= 4 is 17.5 Å². The number of rotatable bonds is 3. The summed E-state index contributed by atoms with van der Waals surface area (Å²) in [6.45, 7) is 1.36. The van der Waals surface area contributed by atoms with E-state index in [9.17, 15) is 22.8 Å². The van der Waals surface area contributed by atoms with E-state index in [1.165, 1.54) is 37.4 Å². The van der Waals surface area contributed by atoms with Crippen LogP contribution in [0, 0.1) is 0 Å². The van der Waals surface area contributed by atoms with Crippen LogP contribution in [0.4, 0.5) is 19.0 Å². The van der Waals surface area contributed by atoms with Gasteiger partial charge in [0, 0.05) is 11.8 Å². The van der Waals surface area contributed by atoms with Crippen LogP contribution >= 0.6 is 0 Å². The van der Waals surface area contributed by atoms with Crippen molar-refractivity contribution in [2.24, 2.45) is 0 Å². The standard InChI is InChI=1S/C15H11F3N2O2/c1-9(21)10-6-7-13(19-8-10)20-14(22)11-4-2-3-5-12(11)15(16,17)18/h2-8H,1H3,(H,19,20,22). The molecule has 0 aliphatic heterocycles. The fourth-order valence-electron chi connectivity index (χ4n) is 1.79. The fourth-order valence-corrected chi connectivity index (χ4v) is 1.79. The topological polar surface area (TPSA) is 59.1 Å². The summed E-state index contributed by atoms with van der Waals surface area (Å²) in [6.07, 6.45) is -3.38. The number of hydrogen-bond donors (Lipinski definition) is 1. The van der Waals surface area contributed by atoms with Gasteiger partial charge in [-0.3, -0.25) is 9.59 Å². The highest BCUT2D eigenvalue weighted by molar-refractivity contribution is 6.05. The molecule has 0 unspecified atom stereocenters. The summed E-state index contributed by atoms with van der Waals surface area (Å²) >= 11 is 0. The molecular formula is C15H11F3N2O2. The van der Waals surface area contributed by atoms with Gasteiger partial charge in [-0.05, 0) is 31.2 Å². The molecule has 1 aromatic carbocycles. The van der Waals surface area contributed by atoms with Gasteiger partial charge in [0.2, 0.25) is 0 Å². The van der Waals surface area contributed by atoms with Crippen LogP contribution in [0.2, 0.25) is 0 Å². The third kappa shape index (κ3) is 3.49. The van der Waals surface area contributed by atoms with Crippen LogP contribution < -0.4 is 5.32 Å². The molecule has 0 fully saturated rings. The highest BCUT2D eigenvalue weighted by Crippen LogP contribution is 2.32. The summed E-state index contributed by atoms with van der Waals surface area (Å²) in [5.41, 5.74) is -1.17. The van der Waals surface area contributed by atoms with E-state index in [1.54, 1.807) is 0 Å². The molecular weight excluding hydrogens is 297 g/mol. The summed E-state index contributed by atoms with van der Waals surface area (Å²) in [5, 5.41) is 2.28. The van der Waals surface area contributed by atoms with Crippen molar-refractivity contribution in [3.8, 4) is 0 Å². The van der Waals surface area contributed by atoms with Gasteiger partial charge in [-0.1, -0.05) is 12.1 Å². The Bertz CT molecular complexity index is 709.